The largest absolute Gasteiger partial charge is 0.386 e. The molecule has 2 aliphatic heterocycles. The molecule has 82 valence electrons. The fraction of sp³-hybridized carbons (Fsp3) is 0.727. The second-order valence-electron chi connectivity index (χ2n) is 4.63. The molecule has 0 saturated carbocycles. The second-order valence-corrected chi connectivity index (χ2v) is 4.63. The van der Waals surface area contributed by atoms with Gasteiger partial charge in [-0.1, -0.05) is 0 Å². The van der Waals surface area contributed by atoms with E-state index in [0.29, 0.717) is 6.10 Å². The molecule has 1 aromatic heterocycles. The van der Waals surface area contributed by atoms with E-state index in [4.69, 9.17) is 4.74 Å². The van der Waals surface area contributed by atoms with Crippen molar-refractivity contribution >= 4 is 0 Å². The average Bonchev–Trinajstić information content (AvgIpc) is 2.90. The number of fused-ring (bicyclic) bond motifs is 2. The van der Waals surface area contributed by atoms with E-state index in [-0.39, 0.29) is 12.0 Å². The molecule has 3 heterocycles. The van der Waals surface area contributed by atoms with E-state index in [2.05, 4.69) is 5.10 Å². The Morgan fingerprint density at radius 1 is 1.60 bits per heavy atom. The lowest BCUT2D eigenvalue weighted by Gasteiger charge is -2.22. The summed E-state index contributed by atoms with van der Waals surface area (Å²) in [5.41, 5.74) is 0.777. The van der Waals surface area contributed by atoms with E-state index in [1.807, 2.05) is 19.3 Å². The fourth-order valence-corrected chi connectivity index (χ4v) is 2.82. The van der Waals surface area contributed by atoms with Crippen molar-refractivity contribution in [3.05, 3.63) is 18.0 Å². The molecule has 4 nitrogen and oxygen atoms in total. The highest BCUT2D eigenvalue weighted by molar-refractivity contribution is 5.07. The van der Waals surface area contributed by atoms with Crippen molar-refractivity contribution in [2.45, 2.75) is 37.6 Å². The summed E-state index contributed by atoms with van der Waals surface area (Å²) in [6, 6.07) is 1.89. The summed E-state index contributed by atoms with van der Waals surface area (Å²) >= 11 is 0. The topological polar surface area (TPSA) is 47.3 Å². The molecule has 4 heteroatoms. The molecular formula is C11H16N2O2. The lowest BCUT2D eigenvalue weighted by Crippen LogP contribution is -2.24. The van der Waals surface area contributed by atoms with Crippen molar-refractivity contribution in [1.29, 1.82) is 0 Å². The quantitative estimate of drug-likeness (QED) is 0.789. The number of aryl methyl sites for hydroxylation is 1. The van der Waals surface area contributed by atoms with Gasteiger partial charge >= 0.3 is 0 Å². The van der Waals surface area contributed by atoms with Crippen molar-refractivity contribution in [2.24, 2.45) is 13.0 Å². The van der Waals surface area contributed by atoms with Crippen LogP contribution in [0.5, 0.6) is 0 Å². The van der Waals surface area contributed by atoms with Crippen LogP contribution in [0.4, 0.5) is 0 Å². The van der Waals surface area contributed by atoms with Gasteiger partial charge in [-0.05, 0) is 25.3 Å². The predicted octanol–water partition coefficient (Wildman–Crippen LogP) is 1.02. The number of aliphatic hydroxyl groups is 1. The molecule has 4 atom stereocenters. The van der Waals surface area contributed by atoms with Gasteiger partial charge in [0.05, 0.1) is 17.9 Å². The number of rotatable bonds is 2. The molecule has 0 aliphatic carbocycles. The van der Waals surface area contributed by atoms with Gasteiger partial charge in [0, 0.05) is 19.2 Å². The van der Waals surface area contributed by atoms with Gasteiger partial charge in [-0.25, -0.2) is 0 Å². The molecule has 3 rings (SSSR count). The molecule has 1 N–H and O–H groups in total. The smallest absolute Gasteiger partial charge is 0.103 e. The molecule has 2 saturated heterocycles. The first-order valence-corrected chi connectivity index (χ1v) is 5.57. The molecule has 2 aliphatic rings. The van der Waals surface area contributed by atoms with Gasteiger partial charge < -0.3 is 9.84 Å². The highest BCUT2D eigenvalue weighted by Gasteiger charge is 2.44. The predicted molar refractivity (Wildman–Crippen MR) is 54.2 cm³/mol. The van der Waals surface area contributed by atoms with Crippen LogP contribution in [0.2, 0.25) is 0 Å². The maximum Gasteiger partial charge on any atom is 0.103 e. The summed E-state index contributed by atoms with van der Waals surface area (Å²) in [5, 5.41) is 14.4. The second kappa shape index (κ2) is 3.32. The minimum atomic E-state index is -0.457. The minimum absolute atomic E-state index is 0.249. The van der Waals surface area contributed by atoms with Crippen LogP contribution < -0.4 is 0 Å². The highest BCUT2D eigenvalue weighted by atomic mass is 16.5. The van der Waals surface area contributed by atoms with E-state index < -0.39 is 6.10 Å². The van der Waals surface area contributed by atoms with Gasteiger partial charge in [-0.3, -0.25) is 4.68 Å². The first-order chi connectivity index (χ1) is 7.24. The molecule has 0 radical (unpaired) electrons. The van der Waals surface area contributed by atoms with Gasteiger partial charge in [0.15, 0.2) is 0 Å². The van der Waals surface area contributed by atoms with Crippen molar-refractivity contribution in [3.63, 3.8) is 0 Å². The van der Waals surface area contributed by atoms with Crippen LogP contribution in [-0.2, 0) is 11.8 Å². The van der Waals surface area contributed by atoms with Crippen LogP contribution in [0, 0.1) is 5.92 Å². The summed E-state index contributed by atoms with van der Waals surface area (Å²) in [7, 11) is 1.87. The van der Waals surface area contributed by atoms with Crippen LogP contribution in [0.15, 0.2) is 12.3 Å². The number of aliphatic hydroxyl groups excluding tert-OH is 1. The average molecular weight is 208 g/mol. The van der Waals surface area contributed by atoms with Gasteiger partial charge in [-0.2, -0.15) is 5.10 Å². The third-order valence-electron chi connectivity index (χ3n) is 3.60. The van der Waals surface area contributed by atoms with Crippen molar-refractivity contribution < 1.29 is 9.84 Å². The van der Waals surface area contributed by atoms with Gasteiger partial charge in [0.25, 0.3) is 0 Å². The number of nitrogens with zero attached hydrogens (tertiary/aromatic N) is 2. The Kier molecular flexibility index (Phi) is 2.07. The van der Waals surface area contributed by atoms with Crippen LogP contribution >= 0.6 is 0 Å². The van der Waals surface area contributed by atoms with Gasteiger partial charge in [-0.15, -0.1) is 0 Å². The highest BCUT2D eigenvalue weighted by Crippen LogP contribution is 2.44. The third kappa shape index (κ3) is 1.48. The van der Waals surface area contributed by atoms with Crippen molar-refractivity contribution in [2.75, 3.05) is 0 Å². The minimum Gasteiger partial charge on any atom is -0.386 e. The van der Waals surface area contributed by atoms with E-state index >= 15 is 0 Å². The molecule has 2 bridgehead atoms. The van der Waals surface area contributed by atoms with E-state index in [1.54, 1.807) is 4.68 Å². The molecule has 2 fully saturated rings. The molecule has 0 aromatic carbocycles. The van der Waals surface area contributed by atoms with E-state index in [1.165, 1.54) is 0 Å². The van der Waals surface area contributed by atoms with E-state index in [9.17, 15) is 5.11 Å². The zero-order valence-corrected chi connectivity index (χ0v) is 8.84. The summed E-state index contributed by atoms with van der Waals surface area (Å²) in [5.74, 6) is 0.249. The fourth-order valence-electron chi connectivity index (χ4n) is 2.82. The Labute approximate surface area is 88.9 Å². The molecule has 0 spiro atoms. The van der Waals surface area contributed by atoms with Crippen molar-refractivity contribution in [1.82, 2.24) is 9.78 Å². The van der Waals surface area contributed by atoms with Crippen molar-refractivity contribution in [3.8, 4) is 0 Å². The van der Waals surface area contributed by atoms with Gasteiger partial charge in [0.2, 0.25) is 0 Å². The molecule has 0 amide bonds. The molecule has 15 heavy (non-hydrogen) atoms. The monoisotopic (exact) mass is 208 g/mol. The number of ether oxygens (including phenoxy) is 1. The first-order valence-electron chi connectivity index (χ1n) is 5.57. The molecular weight excluding hydrogens is 192 g/mol. The summed E-state index contributed by atoms with van der Waals surface area (Å²) in [6.45, 7) is 0. The zero-order chi connectivity index (χ0) is 10.4. The normalized spacial score (nSPS) is 36.0. The SMILES string of the molecule is Cn1ccc(C(O)C2CC3CCC2O3)n1. The Bertz CT molecular complexity index is 363. The Morgan fingerprint density at radius 2 is 2.47 bits per heavy atom. The maximum atomic E-state index is 10.2. The first kappa shape index (κ1) is 9.36. The maximum absolute atomic E-state index is 10.2. The lowest BCUT2D eigenvalue weighted by molar-refractivity contribution is 0.0400. The van der Waals surface area contributed by atoms with Crippen LogP contribution in [-0.4, -0.2) is 27.1 Å². The number of aromatic nitrogens is 2. The lowest BCUT2D eigenvalue weighted by atomic mass is 9.84. The van der Waals surface area contributed by atoms with E-state index in [0.717, 1.165) is 25.0 Å². The summed E-state index contributed by atoms with van der Waals surface area (Å²) in [6.07, 6.45) is 5.30. The Balaban J connectivity index is 1.77. The third-order valence-corrected chi connectivity index (χ3v) is 3.60. The van der Waals surface area contributed by atoms with Crippen LogP contribution in [0.25, 0.3) is 0 Å². The van der Waals surface area contributed by atoms with Crippen LogP contribution in [0.3, 0.4) is 0 Å². The standard InChI is InChI=1S/C11H16N2O2/c1-13-5-4-9(12-13)11(14)8-6-7-2-3-10(8)15-7/h4-5,7-8,10-11,14H,2-3,6H2,1H3. The zero-order valence-electron chi connectivity index (χ0n) is 8.84. The number of hydrogen-bond donors (Lipinski definition) is 1. The number of hydrogen-bond acceptors (Lipinski definition) is 3. The summed E-state index contributed by atoms with van der Waals surface area (Å²) < 4.78 is 7.47. The molecule has 1 aromatic rings. The molecule has 4 unspecified atom stereocenters. The Hall–Kier alpha value is -0.870. The van der Waals surface area contributed by atoms with Crippen LogP contribution in [0.1, 0.15) is 31.1 Å². The van der Waals surface area contributed by atoms with Gasteiger partial charge in [0.1, 0.15) is 6.10 Å². The summed E-state index contributed by atoms with van der Waals surface area (Å²) in [4.78, 5) is 0. The Morgan fingerprint density at radius 3 is 3.00 bits per heavy atom.